The lowest BCUT2D eigenvalue weighted by molar-refractivity contribution is 0.520. The van der Waals surface area contributed by atoms with E-state index < -0.39 is 0 Å². The zero-order valence-corrected chi connectivity index (χ0v) is 10.1. The van der Waals surface area contributed by atoms with Gasteiger partial charge in [-0.05, 0) is 42.8 Å². The smallest absolute Gasteiger partial charge is 0.193 e. The Balaban J connectivity index is 2.04. The number of hydrogen-bond acceptors (Lipinski definition) is 3. The van der Waals surface area contributed by atoms with Gasteiger partial charge in [0.05, 0.1) is 17.9 Å². The maximum atomic E-state index is 5.76. The Kier molecular flexibility index (Phi) is 3.36. The lowest BCUT2D eigenvalue weighted by Crippen LogP contribution is -2.01. The first kappa shape index (κ1) is 11.3. The molecule has 2 aromatic heterocycles. The van der Waals surface area contributed by atoms with Crippen LogP contribution in [0.5, 0.6) is 0 Å². The van der Waals surface area contributed by atoms with Gasteiger partial charge in [0.2, 0.25) is 0 Å². The fourth-order valence-corrected chi connectivity index (χ4v) is 1.70. The zero-order chi connectivity index (χ0) is 11.5. The number of furan rings is 1. The molecule has 5 heteroatoms. The van der Waals surface area contributed by atoms with Gasteiger partial charge >= 0.3 is 0 Å². The van der Waals surface area contributed by atoms with E-state index in [-0.39, 0.29) is 0 Å². The molecule has 0 saturated carbocycles. The van der Waals surface area contributed by atoms with Crippen LogP contribution >= 0.6 is 23.2 Å². The molecule has 0 radical (unpaired) electrons. The van der Waals surface area contributed by atoms with E-state index in [1.807, 2.05) is 19.1 Å². The SMILES string of the molecule is Cc1nc(Cl)ccc1NCc1ccc(Cl)o1. The first-order valence-corrected chi connectivity index (χ1v) is 5.52. The molecule has 0 unspecified atom stereocenters. The maximum absolute atomic E-state index is 5.76. The van der Waals surface area contributed by atoms with Crippen molar-refractivity contribution in [2.45, 2.75) is 13.5 Å². The molecule has 1 N–H and O–H groups in total. The fraction of sp³-hybridized carbons (Fsp3) is 0.182. The number of aromatic nitrogens is 1. The molecule has 2 heterocycles. The van der Waals surface area contributed by atoms with Gasteiger partial charge in [0.25, 0.3) is 0 Å². The Morgan fingerprint density at radius 2 is 2.06 bits per heavy atom. The van der Waals surface area contributed by atoms with Gasteiger partial charge in [-0.15, -0.1) is 0 Å². The molecule has 0 bridgehead atoms. The molecule has 0 spiro atoms. The molecule has 84 valence electrons. The van der Waals surface area contributed by atoms with E-state index in [9.17, 15) is 0 Å². The van der Waals surface area contributed by atoms with Crippen LogP contribution in [0.1, 0.15) is 11.5 Å². The second-order valence-corrected chi connectivity index (χ2v) is 4.09. The monoisotopic (exact) mass is 256 g/mol. The minimum atomic E-state index is 0.391. The van der Waals surface area contributed by atoms with Crippen molar-refractivity contribution < 1.29 is 4.42 Å². The number of anilines is 1. The summed E-state index contributed by atoms with van der Waals surface area (Å²) in [5, 5.41) is 4.08. The number of halogens is 2. The van der Waals surface area contributed by atoms with Gasteiger partial charge in [-0.1, -0.05) is 11.6 Å². The molecule has 2 rings (SSSR count). The van der Waals surface area contributed by atoms with Crippen molar-refractivity contribution in [3.8, 4) is 0 Å². The third-order valence-electron chi connectivity index (χ3n) is 2.13. The number of nitrogens with zero attached hydrogens (tertiary/aromatic N) is 1. The van der Waals surface area contributed by atoms with E-state index in [1.165, 1.54) is 0 Å². The molecule has 0 amide bonds. The number of nitrogens with one attached hydrogen (secondary N) is 1. The van der Waals surface area contributed by atoms with Gasteiger partial charge in [-0.2, -0.15) is 0 Å². The lowest BCUT2D eigenvalue weighted by Gasteiger charge is -2.07. The van der Waals surface area contributed by atoms with E-state index in [1.54, 1.807) is 12.1 Å². The van der Waals surface area contributed by atoms with Gasteiger partial charge in [0, 0.05) is 0 Å². The largest absolute Gasteiger partial charge is 0.448 e. The van der Waals surface area contributed by atoms with Crippen molar-refractivity contribution in [3.63, 3.8) is 0 Å². The highest BCUT2D eigenvalue weighted by Gasteiger charge is 2.02. The predicted octanol–water partition coefficient (Wildman–Crippen LogP) is 3.90. The van der Waals surface area contributed by atoms with Crippen LogP contribution in [0.15, 0.2) is 28.7 Å². The molecule has 0 aromatic carbocycles. The number of hydrogen-bond donors (Lipinski definition) is 1. The highest BCUT2D eigenvalue weighted by molar-refractivity contribution is 6.29. The Bertz CT molecular complexity index is 496. The van der Waals surface area contributed by atoms with Crippen LogP contribution in [0.2, 0.25) is 10.4 Å². The standard InChI is InChI=1S/C11H10Cl2N2O/c1-7-9(3-4-10(12)15-7)14-6-8-2-5-11(13)16-8/h2-5,14H,6H2,1H3. The van der Waals surface area contributed by atoms with E-state index in [0.717, 1.165) is 17.1 Å². The highest BCUT2D eigenvalue weighted by atomic mass is 35.5. The van der Waals surface area contributed by atoms with Crippen LogP contribution in [-0.2, 0) is 6.54 Å². The average molecular weight is 257 g/mol. The summed E-state index contributed by atoms with van der Waals surface area (Å²) >= 11 is 11.4. The van der Waals surface area contributed by atoms with Crippen LogP contribution in [0.25, 0.3) is 0 Å². The van der Waals surface area contributed by atoms with Crippen molar-refractivity contribution >= 4 is 28.9 Å². The second-order valence-electron chi connectivity index (χ2n) is 3.33. The topological polar surface area (TPSA) is 38.1 Å². The lowest BCUT2D eigenvalue weighted by atomic mass is 10.3. The summed E-state index contributed by atoms with van der Waals surface area (Å²) in [6, 6.07) is 7.17. The van der Waals surface area contributed by atoms with Gasteiger partial charge in [-0.25, -0.2) is 4.98 Å². The molecular formula is C11H10Cl2N2O. The van der Waals surface area contributed by atoms with E-state index in [4.69, 9.17) is 27.6 Å². The molecule has 0 atom stereocenters. The van der Waals surface area contributed by atoms with Crippen LogP contribution in [0.3, 0.4) is 0 Å². The second kappa shape index (κ2) is 4.76. The van der Waals surface area contributed by atoms with E-state index in [2.05, 4.69) is 10.3 Å². The molecule has 2 aromatic rings. The Labute approximate surface area is 103 Å². The maximum Gasteiger partial charge on any atom is 0.193 e. The van der Waals surface area contributed by atoms with Gasteiger partial charge in [0.15, 0.2) is 5.22 Å². The summed E-state index contributed by atoms with van der Waals surface area (Å²) in [5.41, 5.74) is 1.78. The first-order valence-electron chi connectivity index (χ1n) is 4.76. The predicted molar refractivity (Wildman–Crippen MR) is 65.0 cm³/mol. The van der Waals surface area contributed by atoms with Gasteiger partial charge in [-0.3, -0.25) is 0 Å². The average Bonchev–Trinajstić information content (AvgIpc) is 2.63. The van der Waals surface area contributed by atoms with Crippen LogP contribution in [0.4, 0.5) is 5.69 Å². The van der Waals surface area contributed by atoms with E-state index in [0.29, 0.717) is 16.9 Å². The first-order chi connectivity index (χ1) is 7.65. The summed E-state index contributed by atoms with van der Waals surface area (Å²) in [4.78, 5) is 4.14. The van der Waals surface area contributed by atoms with Crippen LogP contribution in [-0.4, -0.2) is 4.98 Å². The molecule has 0 aliphatic heterocycles. The minimum Gasteiger partial charge on any atom is -0.448 e. The Morgan fingerprint density at radius 1 is 1.25 bits per heavy atom. The van der Waals surface area contributed by atoms with Gasteiger partial charge in [0.1, 0.15) is 10.9 Å². The van der Waals surface area contributed by atoms with Crippen molar-refractivity contribution in [3.05, 3.63) is 46.1 Å². The number of aryl methyl sites for hydroxylation is 1. The molecule has 0 aliphatic rings. The van der Waals surface area contributed by atoms with Crippen molar-refractivity contribution in [1.82, 2.24) is 4.98 Å². The van der Waals surface area contributed by atoms with Crippen molar-refractivity contribution in [1.29, 1.82) is 0 Å². The van der Waals surface area contributed by atoms with E-state index >= 15 is 0 Å². The summed E-state index contributed by atoms with van der Waals surface area (Å²) in [6.07, 6.45) is 0. The fourth-order valence-electron chi connectivity index (χ4n) is 1.35. The molecule has 16 heavy (non-hydrogen) atoms. The third kappa shape index (κ3) is 2.68. The summed E-state index contributed by atoms with van der Waals surface area (Å²) in [6.45, 7) is 2.46. The summed E-state index contributed by atoms with van der Waals surface area (Å²) in [7, 11) is 0. The molecular weight excluding hydrogens is 247 g/mol. The summed E-state index contributed by atoms with van der Waals surface area (Å²) in [5.74, 6) is 0.777. The molecule has 0 saturated heterocycles. The number of rotatable bonds is 3. The van der Waals surface area contributed by atoms with Crippen molar-refractivity contribution in [2.24, 2.45) is 0 Å². The van der Waals surface area contributed by atoms with Gasteiger partial charge < -0.3 is 9.73 Å². The number of pyridine rings is 1. The Morgan fingerprint density at radius 3 is 2.69 bits per heavy atom. The zero-order valence-electron chi connectivity index (χ0n) is 8.63. The van der Waals surface area contributed by atoms with Crippen LogP contribution < -0.4 is 5.32 Å². The summed E-state index contributed by atoms with van der Waals surface area (Å²) < 4.78 is 5.23. The van der Waals surface area contributed by atoms with Crippen molar-refractivity contribution in [2.75, 3.05) is 5.32 Å². The molecule has 3 nitrogen and oxygen atoms in total. The highest BCUT2D eigenvalue weighted by Crippen LogP contribution is 2.18. The quantitative estimate of drug-likeness (QED) is 0.847. The van der Waals surface area contributed by atoms with Crippen LogP contribution in [0, 0.1) is 6.92 Å². The normalized spacial score (nSPS) is 10.4. The Hall–Kier alpha value is -1.19. The third-order valence-corrected chi connectivity index (χ3v) is 2.55. The molecule has 0 aliphatic carbocycles. The minimum absolute atomic E-state index is 0.391. The molecule has 0 fully saturated rings.